The van der Waals surface area contributed by atoms with Crippen LogP contribution in [0.25, 0.3) is 11.3 Å². The van der Waals surface area contributed by atoms with Crippen molar-refractivity contribution in [3.63, 3.8) is 0 Å². The van der Waals surface area contributed by atoms with Gasteiger partial charge >= 0.3 is 0 Å². The predicted molar refractivity (Wildman–Crippen MR) is 142 cm³/mol. The highest BCUT2D eigenvalue weighted by atomic mass is 35.5. The van der Waals surface area contributed by atoms with Crippen molar-refractivity contribution in [1.82, 2.24) is 19.8 Å². The summed E-state index contributed by atoms with van der Waals surface area (Å²) in [6, 6.07) is 9.36. The number of hydrogen-bond donors (Lipinski definition) is 1. The van der Waals surface area contributed by atoms with Crippen LogP contribution in [0.2, 0.25) is 5.02 Å². The zero-order chi connectivity index (χ0) is 26.8. The average molecular weight is 542 g/mol. The van der Waals surface area contributed by atoms with Crippen molar-refractivity contribution in [2.24, 2.45) is 0 Å². The lowest BCUT2D eigenvalue weighted by Gasteiger charge is -2.28. The van der Waals surface area contributed by atoms with Gasteiger partial charge < -0.3 is 20.3 Å². The number of nitrogen functional groups attached to an aromatic ring is 1. The highest BCUT2D eigenvalue weighted by Gasteiger charge is 2.31. The zero-order valence-corrected chi connectivity index (χ0v) is 21.9. The number of carbonyl (C=O) groups is 1. The molecule has 2 aromatic carbocycles. The normalized spacial score (nSPS) is 18.6. The van der Waals surface area contributed by atoms with Crippen molar-refractivity contribution < 1.29 is 18.3 Å². The lowest BCUT2D eigenvalue weighted by atomic mass is 10.1. The molecule has 10 heteroatoms. The summed E-state index contributed by atoms with van der Waals surface area (Å²) in [6.45, 7) is 5.39. The lowest BCUT2D eigenvalue weighted by Crippen LogP contribution is -2.42. The monoisotopic (exact) mass is 541 g/mol. The summed E-state index contributed by atoms with van der Waals surface area (Å²) in [4.78, 5) is 26.6. The summed E-state index contributed by atoms with van der Waals surface area (Å²) in [5.74, 6) is -1.52. The van der Waals surface area contributed by atoms with Gasteiger partial charge in [0.05, 0.1) is 16.9 Å². The number of ether oxygens (including phenoxy) is 1. The molecule has 0 radical (unpaired) electrons. The highest BCUT2D eigenvalue weighted by molar-refractivity contribution is 6.31. The van der Waals surface area contributed by atoms with Crippen LogP contribution in [-0.2, 0) is 0 Å². The minimum absolute atomic E-state index is 0.00160. The van der Waals surface area contributed by atoms with E-state index in [1.165, 1.54) is 26.0 Å². The summed E-state index contributed by atoms with van der Waals surface area (Å²) in [5.41, 5.74) is 7.49. The molecule has 1 amide bonds. The van der Waals surface area contributed by atoms with Crippen LogP contribution in [0.5, 0.6) is 5.88 Å². The number of halogens is 3. The standard InChI is InChI=1S/C28H30ClF2N5O2/c1-17(24-21(30)9-10-22(31)25(24)29)38-27-26(32)33-15-23(34-27)18-6-4-7-19(14-18)28(37)36-13-5-8-20(36)16-35-11-2-3-12-35/h4,6-7,9-10,14-15,17,20H,2-3,5,8,11-13,16H2,1H3,(H2,32,33). The predicted octanol–water partition coefficient (Wildman–Crippen LogP) is 5.50. The Hall–Kier alpha value is -3.30. The Morgan fingerprint density at radius 2 is 1.92 bits per heavy atom. The van der Waals surface area contributed by atoms with Crippen molar-refractivity contribution in [3.05, 3.63) is 70.4 Å². The zero-order valence-electron chi connectivity index (χ0n) is 21.2. The number of carbonyl (C=O) groups excluding carboxylic acids is 1. The Balaban J connectivity index is 1.36. The minimum Gasteiger partial charge on any atom is -0.467 e. The Morgan fingerprint density at radius 3 is 2.71 bits per heavy atom. The topological polar surface area (TPSA) is 84.6 Å². The first-order valence-electron chi connectivity index (χ1n) is 12.9. The average Bonchev–Trinajstić information content (AvgIpc) is 3.60. The molecule has 2 atom stereocenters. The fraction of sp³-hybridized carbons (Fsp3) is 0.393. The van der Waals surface area contributed by atoms with Gasteiger partial charge in [0.15, 0.2) is 5.82 Å². The van der Waals surface area contributed by atoms with Crippen LogP contribution in [0.4, 0.5) is 14.6 Å². The number of nitrogens with two attached hydrogens (primary N) is 1. The van der Waals surface area contributed by atoms with Crippen LogP contribution in [0.15, 0.2) is 42.6 Å². The molecule has 0 bridgehead atoms. The molecule has 2 N–H and O–H groups in total. The molecular formula is C28H30ClF2N5O2. The maximum Gasteiger partial charge on any atom is 0.258 e. The van der Waals surface area contributed by atoms with E-state index in [0.29, 0.717) is 16.8 Å². The van der Waals surface area contributed by atoms with Crippen molar-refractivity contribution >= 4 is 23.3 Å². The molecule has 1 aromatic heterocycles. The molecule has 2 aliphatic rings. The first-order chi connectivity index (χ1) is 18.3. The van der Waals surface area contributed by atoms with Gasteiger partial charge in [-0.25, -0.2) is 18.7 Å². The number of amides is 1. The molecule has 2 fully saturated rings. The number of rotatable bonds is 7. The van der Waals surface area contributed by atoms with Crippen LogP contribution in [0, 0.1) is 11.6 Å². The number of benzene rings is 2. The van der Waals surface area contributed by atoms with Gasteiger partial charge in [-0.3, -0.25) is 4.79 Å². The second-order valence-corrected chi connectivity index (χ2v) is 10.2. The molecule has 7 nitrogen and oxygen atoms in total. The van der Waals surface area contributed by atoms with Gasteiger partial charge in [-0.15, -0.1) is 0 Å². The molecule has 3 heterocycles. The second kappa shape index (κ2) is 11.2. The molecule has 2 aliphatic heterocycles. The quantitative estimate of drug-likeness (QED) is 0.398. The number of aromatic nitrogens is 2. The summed E-state index contributed by atoms with van der Waals surface area (Å²) in [6.07, 6.45) is 4.96. The maximum absolute atomic E-state index is 14.4. The van der Waals surface area contributed by atoms with Crippen molar-refractivity contribution in [3.8, 4) is 17.1 Å². The molecular weight excluding hydrogens is 512 g/mol. The third-order valence-corrected chi connectivity index (χ3v) is 7.64. The van der Waals surface area contributed by atoms with Crippen LogP contribution in [-0.4, -0.2) is 57.9 Å². The molecule has 0 aliphatic carbocycles. The van der Waals surface area contributed by atoms with E-state index < -0.39 is 17.7 Å². The molecule has 0 saturated carbocycles. The van der Waals surface area contributed by atoms with Gasteiger partial charge in [0.25, 0.3) is 11.8 Å². The number of nitrogens with zero attached hydrogens (tertiary/aromatic N) is 4. The van der Waals surface area contributed by atoms with Gasteiger partial charge in [0.1, 0.15) is 17.7 Å². The van der Waals surface area contributed by atoms with Crippen LogP contribution in [0.3, 0.4) is 0 Å². The van der Waals surface area contributed by atoms with Gasteiger partial charge in [-0.05, 0) is 70.0 Å². The Labute approximate surface area is 225 Å². The van der Waals surface area contributed by atoms with E-state index >= 15 is 0 Å². The Bertz CT molecular complexity index is 1330. The van der Waals surface area contributed by atoms with E-state index in [-0.39, 0.29) is 34.2 Å². The minimum atomic E-state index is -0.985. The molecule has 3 aromatic rings. The molecule has 0 spiro atoms. The van der Waals surface area contributed by atoms with E-state index in [4.69, 9.17) is 22.1 Å². The van der Waals surface area contributed by atoms with Crippen LogP contribution in [0.1, 0.15) is 54.6 Å². The van der Waals surface area contributed by atoms with Gasteiger partial charge in [0, 0.05) is 35.8 Å². The number of likely N-dealkylation sites (tertiary alicyclic amines) is 2. The van der Waals surface area contributed by atoms with E-state index in [1.54, 1.807) is 18.2 Å². The Kier molecular flexibility index (Phi) is 7.76. The summed E-state index contributed by atoms with van der Waals surface area (Å²) in [5, 5.41) is -0.364. The third-order valence-electron chi connectivity index (χ3n) is 7.25. The first kappa shape index (κ1) is 26.3. The van der Waals surface area contributed by atoms with Crippen molar-refractivity contribution in [2.45, 2.75) is 44.8 Å². The van der Waals surface area contributed by atoms with Gasteiger partial charge in [0.2, 0.25) is 0 Å². The van der Waals surface area contributed by atoms with Crippen molar-refractivity contribution in [2.75, 3.05) is 31.9 Å². The third kappa shape index (κ3) is 5.44. The lowest BCUT2D eigenvalue weighted by molar-refractivity contribution is 0.0709. The van der Waals surface area contributed by atoms with E-state index in [1.807, 2.05) is 11.0 Å². The first-order valence-corrected chi connectivity index (χ1v) is 13.3. The van der Waals surface area contributed by atoms with Crippen LogP contribution < -0.4 is 10.5 Å². The van der Waals surface area contributed by atoms with E-state index in [2.05, 4.69) is 14.9 Å². The molecule has 38 heavy (non-hydrogen) atoms. The molecule has 5 rings (SSSR count). The fourth-order valence-electron chi connectivity index (χ4n) is 5.28. The van der Waals surface area contributed by atoms with E-state index in [9.17, 15) is 13.6 Å². The number of anilines is 1. The smallest absolute Gasteiger partial charge is 0.258 e. The molecule has 2 unspecified atom stereocenters. The Morgan fingerprint density at radius 1 is 1.16 bits per heavy atom. The largest absolute Gasteiger partial charge is 0.467 e. The summed E-state index contributed by atoms with van der Waals surface area (Å²) >= 11 is 5.98. The number of hydrogen-bond acceptors (Lipinski definition) is 6. The van der Waals surface area contributed by atoms with Crippen molar-refractivity contribution in [1.29, 1.82) is 0 Å². The SMILES string of the molecule is CC(Oc1nc(-c2cccc(C(=O)N3CCCC3CN3CCCC3)c2)cnc1N)c1c(F)ccc(F)c1Cl. The fourth-order valence-corrected chi connectivity index (χ4v) is 5.59. The van der Waals surface area contributed by atoms with Gasteiger partial charge in [-0.1, -0.05) is 23.7 Å². The molecule has 2 saturated heterocycles. The van der Waals surface area contributed by atoms with E-state index in [0.717, 1.165) is 51.2 Å². The maximum atomic E-state index is 14.4. The second-order valence-electron chi connectivity index (χ2n) is 9.85. The van der Waals surface area contributed by atoms with Crippen LogP contribution >= 0.6 is 11.6 Å². The molecule has 200 valence electrons. The van der Waals surface area contributed by atoms with Gasteiger partial charge in [-0.2, -0.15) is 0 Å². The summed E-state index contributed by atoms with van der Waals surface area (Å²) < 4.78 is 34.1. The highest BCUT2D eigenvalue weighted by Crippen LogP contribution is 2.33. The summed E-state index contributed by atoms with van der Waals surface area (Å²) in [7, 11) is 0.